The minimum atomic E-state index is 0.400. The molecule has 0 unspecified atom stereocenters. The van der Waals surface area contributed by atoms with Crippen molar-refractivity contribution < 1.29 is 9.53 Å². The summed E-state index contributed by atoms with van der Waals surface area (Å²) in [6.07, 6.45) is 5.51. The van der Waals surface area contributed by atoms with Crippen LogP contribution in [0.1, 0.15) is 37.9 Å². The Morgan fingerprint density at radius 1 is 1.26 bits per heavy atom. The van der Waals surface area contributed by atoms with Gasteiger partial charge in [0.15, 0.2) is 11.4 Å². The molecule has 0 spiro atoms. The highest BCUT2D eigenvalue weighted by molar-refractivity contribution is 6.30. The predicted octanol–water partition coefficient (Wildman–Crippen LogP) is 4.89. The Balaban J connectivity index is 1.95. The summed E-state index contributed by atoms with van der Waals surface area (Å²) < 4.78 is 7.96. The first-order valence-electron chi connectivity index (χ1n) is 9.27. The number of unbranched alkanes of at least 4 members (excludes halogenated alkanes) is 1. The number of aromatic nitrogens is 2. The highest BCUT2D eigenvalue weighted by atomic mass is 35.5. The Kier molecular flexibility index (Phi) is 6.35. The van der Waals surface area contributed by atoms with E-state index in [1.54, 1.807) is 4.90 Å². The summed E-state index contributed by atoms with van der Waals surface area (Å²) in [6.45, 7) is 5.23. The van der Waals surface area contributed by atoms with Crippen LogP contribution < -0.4 is 9.64 Å². The van der Waals surface area contributed by atoms with Crippen molar-refractivity contribution in [1.82, 2.24) is 9.38 Å². The van der Waals surface area contributed by atoms with Gasteiger partial charge in [0.2, 0.25) is 6.41 Å². The van der Waals surface area contributed by atoms with E-state index in [0.29, 0.717) is 23.9 Å². The number of benzene rings is 1. The molecule has 142 valence electrons. The molecule has 3 rings (SSSR count). The molecule has 0 aliphatic heterocycles. The van der Waals surface area contributed by atoms with E-state index in [2.05, 4.69) is 6.92 Å². The molecular weight excluding hydrogens is 362 g/mol. The molecule has 2 aromatic heterocycles. The topological polar surface area (TPSA) is 46.8 Å². The first-order chi connectivity index (χ1) is 13.2. The maximum absolute atomic E-state index is 11.7. The van der Waals surface area contributed by atoms with Gasteiger partial charge in [0, 0.05) is 17.8 Å². The molecule has 5 nitrogen and oxygen atoms in total. The van der Waals surface area contributed by atoms with Crippen molar-refractivity contribution in [3.63, 3.8) is 0 Å². The lowest BCUT2D eigenvalue weighted by Crippen LogP contribution is -2.24. The summed E-state index contributed by atoms with van der Waals surface area (Å²) in [5, 5.41) is 0.684. The van der Waals surface area contributed by atoms with Crippen molar-refractivity contribution in [3.05, 3.63) is 58.9 Å². The number of pyridine rings is 1. The molecule has 0 N–H and O–H groups in total. The van der Waals surface area contributed by atoms with Crippen LogP contribution in [-0.2, 0) is 17.8 Å². The molecule has 6 heteroatoms. The second-order valence-electron chi connectivity index (χ2n) is 6.37. The Morgan fingerprint density at radius 2 is 2.11 bits per heavy atom. The van der Waals surface area contributed by atoms with E-state index in [9.17, 15) is 4.79 Å². The molecule has 1 aromatic carbocycles. The van der Waals surface area contributed by atoms with Gasteiger partial charge in [-0.1, -0.05) is 44.0 Å². The number of amides is 1. The molecule has 0 aliphatic carbocycles. The lowest BCUT2D eigenvalue weighted by Gasteiger charge is -2.18. The number of hydrogen-bond acceptors (Lipinski definition) is 3. The van der Waals surface area contributed by atoms with Crippen molar-refractivity contribution in [2.24, 2.45) is 0 Å². The summed E-state index contributed by atoms with van der Waals surface area (Å²) in [6, 6.07) is 11.4. The maximum atomic E-state index is 11.7. The quantitative estimate of drug-likeness (QED) is 0.492. The van der Waals surface area contributed by atoms with E-state index in [1.165, 1.54) is 0 Å². The minimum absolute atomic E-state index is 0.400. The highest BCUT2D eigenvalue weighted by Crippen LogP contribution is 2.29. The highest BCUT2D eigenvalue weighted by Gasteiger charge is 2.19. The van der Waals surface area contributed by atoms with Gasteiger partial charge in [-0.3, -0.25) is 14.1 Å². The summed E-state index contributed by atoms with van der Waals surface area (Å²) in [5.74, 6) is 1.50. The third-order valence-electron chi connectivity index (χ3n) is 4.43. The number of aryl methyl sites for hydroxylation is 1. The fourth-order valence-electron chi connectivity index (χ4n) is 3.06. The average molecular weight is 386 g/mol. The van der Waals surface area contributed by atoms with Crippen molar-refractivity contribution in [2.75, 3.05) is 11.4 Å². The third kappa shape index (κ3) is 4.25. The van der Waals surface area contributed by atoms with Crippen LogP contribution in [0.4, 0.5) is 5.82 Å². The summed E-state index contributed by atoms with van der Waals surface area (Å²) in [4.78, 5) is 18.2. The number of carbonyl (C=O) groups is 1. The van der Waals surface area contributed by atoms with Crippen molar-refractivity contribution >= 4 is 29.5 Å². The zero-order valence-corrected chi connectivity index (χ0v) is 16.4. The first-order valence-corrected chi connectivity index (χ1v) is 9.64. The Hall–Kier alpha value is -2.53. The molecule has 0 saturated heterocycles. The van der Waals surface area contributed by atoms with Crippen LogP contribution in [0.5, 0.6) is 5.75 Å². The van der Waals surface area contributed by atoms with Crippen molar-refractivity contribution in [1.29, 1.82) is 0 Å². The van der Waals surface area contributed by atoms with Crippen LogP contribution in [0.2, 0.25) is 5.02 Å². The number of ether oxygens (including phenoxy) is 1. The number of rotatable bonds is 9. The van der Waals surface area contributed by atoms with Crippen LogP contribution in [-0.4, -0.2) is 22.3 Å². The Labute approximate surface area is 164 Å². The summed E-state index contributed by atoms with van der Waals surface area (Å²) >= 11 is 6.05. The van der Waals surface area contributed by atoms with Gasteiger partial charge >= 0.3 is 0 Å². The largest absolute Gasteiger partial charge is 0.485 e. The number of fused-ring (bicyclic) bond motifs is 1. The molecule has 3 aromatic rings. The molecule has 27 heavy (non-hydrogen) atoms. The monoisotopic (exact) mass is 385 g/mol. The lowest BCUT2D eigenvalue weighted by molar-refractivity contribution is -0.107. The maximum Gasteiger partial charge on any atom is 0.215 e. The first kappa shape index (κ1) is 19.2. The molecule has 0 atom stereocenters. The normalized spacial score (nSPS) is 10.9. The second kappa shape index (κ2) is 8.91. The number of anilines is 1. The number of hydrogen-bond donors (Lipinski definition) is 0. The molecule has 0 bridgehead atoms. The zero-order valence-electron chi connectivity index (χ0n) is 15.7. The standard InChI is InChI=1S/C21H24ClN3O2/c1-3-5-11-24(15-26)21-18(4-2)23-20-19(10-7-12-25(20)21)27-14-16-8-6-9-17(22)13-16/h6-10,12-13,15H,3-5,11,14H2,1-2H3. The van der Waals surface area contributed by atoms with Crippen LogP contribution in [0.15, 0.2) is 42.6 Å². The summed E-state index contributed by atoms with van der Waals surface area (Å²) in [5.41, 5.74) is 2.59. The van der Waals surface area contributed by atoms with Crippen LogP contribution in [0.3, 0.4) is 0 Å². The molecule has 2 heterocycles. The van der Waals surface area contributed by atoms with E-state index in [0.717, 1.165) is 48.4 Å². The summed E-state index contributed by atoms with van der Waals surface area (Å²) in [7, 11) is 0. The van der Waals surface area contributed by atoms with Gasteiger partial charge in [-0.15, -0.1) is 0 Å². The fourth-order valence-corrected chi connectivity index (χ4v) is 3.27. The minimum Gasteiger partial charge on any atom is -0.485 e. The van der Waals surface area contributed by atoms with Crippen LogP contribution in [0, 0.1) is 0 Å². The zero-order chi connectivity index (χ0) is 19.2. The van der Waals surface area contributed by atoms with Gasteiger partial charge in [-0.05, 0) is 42.7 Å². The molecule has 0 saturated carbocycles. The van der Waals surface area contributed by atoms with Gasteiger partial charge < -0.3 is 4.74 Å². The van der Waals surface area contributed by atoms with Gasteiger partial charge in [-0.2, -0.15) is 0 Å². The second-order valence-corrected chi connectivity index (χ2v) is 6.81. The van der Waals surface area contributed by atoms with Crippen molar-refractivity contribution in [3.8, 4) is 5.75 Å². The number of carbonyl (C=O) groups excluding carboxylic acids is 1. The van der Waals surface area contributed by atoms with Gasteiger partial charge in [0.05, 0.1) is 5.69 Å². The van der Waals surface area contributed by atoms with E-state index >= 15 is 0 Å². The number of imidazole rings is 1. The van der Waals surface area contributed by atoms with Crippen LogP contribution in [0.25, 0.3) is 5.65 Å². The number of halogens is 1. The SMILES string of the molecule is CCCCN(C=O)c1c(CC)nc2c(OCc3cccc(Cl)c3)cccn12. The van der Waals surface area contributed by atoms with E-state index in [-0.39, 0.29) is 0 Å². The molecule has 0 radical (unpaired) electrons. The smallest absolute Gasteiger partial charge is 0.215 e. The van der Waals surface area contributed by atoms with Crippen LogP contribution >= 0.6 is 11.6 Å². The molecule has 1 amide bonds. The van der Waals surface area contributed by atoms with Gasteiger partial charge in [-0.25, -0.2) is 4.98 Å². The molecule has 0 aliphatic rings. The van der Waals surface area contributed by atoms with E-state index in [4.69, 9.17) is 21.3 Å². The van der Waals surface area contributed by atoms with E-state index < -0.39 is 0 Å². The van der Waals surface area contributed by atoms with E-state index in [1.807, 2.05) is 53.9 Å². The lowest BCUT2D eigenvalue weighted by atomic mass is 10.2. The fraction of sp³-hybridized carbons (Fsp3) is 0.333. The molecule has 0 fully saturated rings. The number of nitrogens with zero attached hydrogens (tertiary/aromatic N) is 3. The van der Waals surface area contributed by atoms with Crippen molar-refractivity contribution in [2.45, 2.75) is 39.7 Å². The Morgan fingerprint density at radius 3 is 2.81 bits per heavy atom. The molecular formula is C21H24ClN3O2. The third-order valence-corrected chi connectivity index (χ3v) is 4.66. The van der Waals surface area contributed by atoms with Gasteiger partial charge in [0.25, 0.3) is 0 Å². The average Bonchev–Trinajstić information content (AvgIpc) is 3.06. The van der Waals surface area contributed by atoms with Gasteiger partial charge in [0.1, 0.15) is 12.4 Å². The Bertz CT molecular complexity index is 923. The predicted molar refractivity (Wildman–Crippen MR) is 109 cm³/mol.